The third kappa shape index (κ3) is 1.11. The van der Waals surface area contributed by atoms with E-state index in [2.05, 4.69) is 0 Å². The molecule has 0 amide bonds. The highest BCUT2D eigenvalue weighted by molar-refractivity contribution is 5.90. The summed E-state index contributed by atoms with van der Waals surface area (Å²) in [5.41, 5.74) is 2.53. The molecule has 12 heavy (non-hydrogen) atoms. The fourth-order valence-corrected chi connectivity index (χ4v) is 1.81. The lowest BCUT2D eigenvalue weighted by atomic mass is 10.2. The largest absolute Gasteiger partial charge is 0.299 e. The molecule has 2 aliphatic rings. The first-order chi connectivity index (χ1) is 5.61. The molecule has 2 fully saturated rings. The zero-order chi connectivity index (χ0) is 8.88. The Bertz CT molecular complexity index is 269. The van der Waals surface area contributed by atoms with Crippen LogP contribution in [0, 0.1) is 11.8 Å². The Balaban J connectivity index is 2.06. The first-order valence-corrected chi connectivity index (χ1v) is 4.34. The summed E-state index contributed by atoms with van der Waals surface area (Å²) in [7, 11) is 0. The van der Waals surface area contributed by atoms with E-state index in [1.54, 1.807) is 13.8 Å². The molecule has 0 spiro atoms. The minimum Gasteiger partial charge on any atom is -0.299 e. The van der Waals surface area contributed by atoms with Crippen molar-refractivity contribution in [2.75, 3.05) is 0 Å². The van der Waals surface area contributed by atoms with E-state index in [0.717, 1.165) is 12.8 Å². The first-order valence-electron chi connectivity index (χ1n) is 4.34. The summed E-state index contributed by atoms with van der Waals surface area (Å²) >= 11 is 0. The number of hydrogen-bond donors (Lipinski definition) is 0. The van der Waals surface area contributed by atoms with Gasteiger partial charge in [0.1, 0.15) is 11.6 Å². The topological polar surface area (TPSA) is 34.1 Å². The van der Waals surface area contributed by atoms with Gasteiger partial charge in [-0.3, -0.25) is 9.59 Å². The Morgan fingerprint density at radius 3 is 1.50 bits per heavy atom. The summed E-state index contributed by atoms with van der Waals surface area (Å²) in [6.07, 6.45) is 1.85. The maximum atomic E-state index is 10.9. The molecule has 2 unspecified atom stereocenters. The minimum absolute atomic E-state index is 0.185. The highest BCUT2D eigenvalue weighted by atomic mass is 16.1. The Labute approximate surface area is 71.6 Å². The van der Waals surface area contributed by atoms with Gasteiger partial charge in [0.05, 0.1) is 0 Å². The van der Waals surface area contributed by atoms with E-state index in [1.807, 2.05) is 0 Å². The fraction of sp³-hybridized carbons (Fsp3) is 0.600. The predicted molar refractivity (Wildman–Crippen MR) is 44.6 cm³/mol. The average Bonchev–Trinajstić information content (AvgIpc) is 2.82. The highest BCUT2D eigenvalue weighted by Crippen LogP contribution is 2.52. The van der Waals surface area contributed by atoms with Crippen molar-refractivity contribution in [3.05, 3.63) is 11.1 Å². The van der Waals surface area contributed by atoms with Crippen LogP contribution in [0.5, 0.6) is 0 Å². The van der Waals surface area contributed by atoms with Crippen molar-refractivity contribution in [3.8, 4) is 0 Å². The van der Waals surface area contributed by atoms with Gasteiger partial charge >= 0.3 is 0 Å². The molecule has 2 rings (SSSR count). The van der Waals surface area contributed by atoms with Crippen molar-refractivity contribution in [2.45, 2.75) is 26.7 Å². The van der Waals surface area contributed by atoms with Gasteiger partial charge in [-0.2, -0.15) is 0 Å². The van der Waals surface area contributed by atoms with Gasteiger partial charge in [-0.15, -0.1) is 0 Å². The number of ketones is 2. The smallest absolute Gasteiger partial charge is 0.137 e. The second-order valence-corrected chi connectivity index (χ2v) is 3.79. The third-order valence-electron chi connectivity index (χ3n) is 2.76. The molecule has 0 aromatic carbocycles. The molecule has 64 valence electrons. The average molecular weight is 164 g/mol. The summed E-state index contributed by atoms with van der Waals surface area (Å²) in [5, 5.41) is 0. The molecule has 2 nitrogen and oxygen atoms in total. The molecule has 2 saturated carbocycles. The number of Topliss-reactive ketones (excluding diaryl/α,β-unsaturated/α-hetero) is 2. The summed E-state index contributed by atoms with van der Waals surface area (Å²) in [6, 6.07) is 0. The van der Waals surface area contributed by atoms with Crippen LogP contribution in [-0.4, -0.2) is 11.6 Å². The van der Waals surface area contributed by atoms with E-state index < -0.39 is 0 Å². The fourth-order valence-electron chi connectivity index (χ4n) is 1.81. The highest BCUT2D eigenvalue weighted by Gasteiger charge is 2.45. The monoisotopic (exact) mass is 164 g/mol. The molecule has 0 aromatic rings. The predicted octanol–water partition coefficient (Wildman–Crippen LogP) is 1.50. The third-order valence-corrected chi connectivity index (χ3v) is 2.76. The summed E-state index contributed by atoms with van der Waals surface area (Å²) < 4.78 is 0. The van der Waals surface area contributed by atoms with Crippen molar-refractivity contribution in [3.63, 3.8) is 0 Å². The van der Waals surface area contributed by atoms with Crippen molar-refractivity contribution >= 4 is 11.6 Å². The van der Waals surface area contributed by atoms with Crippen molar-refractivity contribution in [1.82, 2.24) is 0 Å². The van der Waals surface area contributed by atoms with Crippen LogP contribution in [0.25, 0.3) is 0 Å². The van der Waals surface area contributed by atoms with Crippen LogP contribution < -0.4 is 0 Å². The van der Waals surface area contributed by atoms with E-state index in [0.29, 0.717) is 0 Å². The van der Waals surface area contributed by atoms with Crippen molar-refractivity contribution in [2.24, 2.45) is 11.8 Å². The van der Waals surface area contributed by atoms with Crippen LogP contribution in [0.15, 0.2) is 11.1 Å². The minimum atomic E-state index is 0.185. The Morgan fingerprint density at radius 2 is 1.33 bits per heavy atom. The second-order valence-electron chi connectivity index (χ2n) is 3.79. The van der Waals surface area contributed by atoms with Crippen molar-refractivity contribution in [1.29, 1.82) is 0 Å². The number of rotatable bonds is 2. The molecule has 0 radical (unpaired) electrons. The molecule has 0 saturated heterocycles. The maximum Gasteiger partial charge on any atom is 0.137 e. The Kier molecular flexibility index (Phi) is 1.47. The molecule has 0 heterocycles. The van der Waals surface area contributed by atoms with Gasteiger partial charge in [0.15, 0.2) is 0 Å². The SMILES string of the molecule is CC(=O)C1C/C1=C1/CC1C(C)=O. The molecule has 0 N–H and O–H groups in total. The molecule has 0 aliphatic heterocycles. The Morgan fingerprint density at radius 1 is 1.00 bits per heavy atom. The van der Waals surface area contributed by atoms with Gasteiger partial charge < -0.3 is 0 Å². The molecule has 2 atom stereocenters. The Hall–Kier alpha value is -0.920. The standard InChI is InChI=1S/C10H12O2/c1-5(11)7-3-9(7)10-4-8(10)6(2)12/h7-8H,3-4H2,1-2H3/b10-9+. The molecule has 0 aromatic heterocycles. The second kappa shape index (κ2) is 2.28. The van der Waals surface area contributed by atoms with Crippen LogP contribution in [-0.2, 0) is 9.59 Å². The van der Waals surface area contributed by atoms with Crippen LogP contribution in [0.1, 0.15) is 26.7 Å². The van der Waals surface area contributed by atoms with Crippen LogP contribution in [0.4, 0.5) is 0 Å². The quantitative estimate of drug-likeness (QED) is 0.579. The van der Waals surface area contributed by atoms with Crippen LogP contribution in [0.3, 0.4) is 0 Å². The zero-order valence-electron chi connectivity index (χ0n) is 7.39. The summed E-state index contributed by atoms with van der Waals surface area (Å²) in [4.78, 5) is 21.8. The maximum absolute atomic E-state index is 10.9. The number of carbonyl (C=O) groups is 2. The molecular weight excluding hydrogens is 152 g/mol. The van der Waals surface area contributed by atoms with E-state index in [9.17, 15) is 9.59 Å². The first kappa shape index (κ1) is 7.71. The molecule has 0 bridgehead atoms. The normalized spacial score (nSPS) is 37.8. The molecule has 2 heteroatoms. The number of allylic oxidation sites excluding steroid dienone is 2. The van der Waals surface area contributed by atoms with Crippen LogP contribution >= 0.6 is 0 Å². The number of carbonyl (C=O) groups excluding carboxylic acids is 2. The summed E-state index contributed by atoms with van der Waals surface area (Å²) in [5.74, 6) is 0.882. The number of hydrogen-bond acceptors (Lipinski definition) is 2. The van der Waals surface area contributed by atoms with Gasteiger partial charge in [0, 0.05) is 11.8 Å². The van der Waals surface area contributed by atoms with Crippen LogP contribution in [0.2, 0.25) is 0 Å². The van der Waals surface area contributed by atoms with E-state index in [4.69, 9.17) is 0 Å². The lowest BCUT2D eigenvalue weighted by Gasteiger charge is -1.82. The van der Waals surface area contributed by atoms with E-state index >= 15 is 0 Å². The zero-order valence-corrected chi connectivity index (χ0v) is 7.39. The van der Waals surface area contributed by atoms with Gasteiger partial charge in [-0.1, -0.05) is 11.1 Å². The summed E-state index contributed by atoms with van der Waals surface area (Å²) in [6.45, 7) is 3.26. The van der Waals surface area contributed by atoms with Gasteiger partial charge in [-0.25, -0.2) is 0 Å². The lowest BCUT2D eigenvalue weighted by Crippen LogP contribution is -1.92. The van der Waals surface area contributed by atoms with Crippen molar-refractivity contribution < 1.29 is 9.59 Å². The van der Waals surface area contributed by atoms with E-state index in [-0.39, 0.29) is 23.4 Å². The molecule has 2 aliphatic carbocycles. The lowest BCUT2D eigenvalue weighted by molar-refractivity contribution is -0.118. The van der Waals surface area contributed by atoms with E-state index in [1.165, 1.54) is 11.1 Å². The van der Waals surface area contributed by atoms with Gasteiger partial charge in [0.2, 0.25) is 0 Å². The van der Waals surface area contributed by atoms with Gasteiger partial charge in [0.25, 0.3) is 0 Å². The van der Waals surface area contributed by atoms with Gasteiger partial charge in [-0.05, 0) is 26.7 Å². The molecular formula is C10H12O2.